The SMILES string of the molecule is CC(C)(CO)NCc1ccc(Cl)c(Cl)c1. The molecule has 1 aromatic carbocycles. The van der Waals surface area contributed by atoms with E-state index in [0.29, 0.717) is 16.6 Å². The molecule has 0 aliphatic heterocycles. The van der Waals surface area contributed by atoms with Crippen LogP contribution in [-0.2, 0) is 6.54 Å². The van der Waals surface area contributed by atoms with Crippen molar-refractivity contribution in [1.82, 2.24) is 5.32 Å². The second-order valence-electron chi connectivity index (χ2n) is 4.14. The van der Waals surface area contributed by atoms with Crippen molar-refractivity contribution in [3.63, 3.8) is 0 Å². The maximum atomic E-state index is 9.06. The largest absolute Gasteiger partial charge is 0.394 e. The highest BCUT2D eigenvalue weighted by Crippen LogP contribution is 2.22. The topological polar surface area (TPSA) is 32.3 Å². The Morgan fingerprint density at radius 1 is 1.27 bits per heavy atom. The molecule has 0 fully saturated rings. The van der Waals surface area contributed by atoms with Crippen molar-refractivity contribution in [2.24, 2.45) is 0 Å². The lowest BCUT2D eigenvalue weighted by molar-refractivity contribution is 0.187. The Hall–Kier alpha value is -0.280. The van der Waals surface area contributed by atoms with Gasteiger partial charge >= 0.3 is 0 Å². The van der Waals surface area contributed by atoms with Gasteiger partial charge < -0.3 is 10.4 Å². The lowest BCUT2D eigenvalue weighted by atomic mass is 10.1. The Bertz CT molecular complexity index is 339. The number of aliphatic hydroxyl groups excluding tert-OH is 1. The summed E-state index contributed by atoms with van der Waals surface area (Å²) in [5.41, 5.74) is 0.762. The van der Waals surface area contributed by atoms with E-state index in [2.05, 4.69) is 5.32 Å². The number of halogens is 2. The van der Waals surface area contributed by atoms with E-state index < -0.39 is 0 Å². The fraction of sp³-hybridized carbons (Fsp3) is 0.455. The summed E-state index contributed by atoms with van der Waals surface area (Å²) < 4.78 is 0. The first kappa shape index (κ1) is 12.8. The highest BCUT2D eigenvalue weighted by molar-refractivity contribution is 6.42. The summed E-state index contributed by atoms with van der Waals surface area (Å²) >= 11 is 11.7. The minimum absolute atomic E-state index is 0.0916. The van der Waals surface area contributed by atoms with E-state index in [1.54, 1.807) is 6.07 Å². The third-order valence-electron chi connectivity index (χ3n) is 2.15. The van der Waals surface area contributed by atoms with E-state index in [1.807, 2.05) is 26.0 Å². The Morgan fingerprint density at radius 2 is 1.93 bits per heavy atom. The van der Waals surface area contributed by atoms with Gasteiger partial charge in [0.1, 0.15) is 0 Å². The molecule has 2 nitrogen and oxygen atoms in total. The number of hydrogen-bond acceptors (Lipinski definition) is 2. The Morgan fingerprint density at radius 3 is 2.47 bits per heavy atom. The lowest BCUT2D eigenvalue weighted by Gasteiger charge is -2.23. The molecule has 15 heavy (non-hydrogen) atoms. The maximum absolute atomic E-state index is 9.06. The van der Waals surface area contributed by atoms with Crippen LogP contribution in [0.1, 0.15) is 19.4 Å². The van der Waals surface area contributed by atoms with Gasteiger partial charge in [-0.1, -0.05) is 29.3 Å². The van der Waals surface area contributed by atoms with Crippen LogP contribution in [0.4, 0.5) is 0 Å². The molecule has 0 saturated heterocycles. The molecule has 0 amide bonds. The molecule has 0 radical (unpaired) electrons. The summed E-state index contributed by atoms with van der Waals surface area (Å²) in [6.07, 6.45) is 0. The van der Waals surface area contributed by atoms with Crippen molar-refractivity contribution >= 4 is 23.2 Å². The Labute approximate surface area is 100 Å². The van der Waals surface area contributed by atoms with Crippen molar-refractivity contribution in [2.45, 2.75) is 25.9 Å². The predicted molar refractivity (Wildman–Crippen MR) is 64.5 cm³/mol. The van der Waals surface area contributed by atoms with E-state index in [1.165, 1.54) is 0 Å². The van der Waals surface area contributed by atoms with E-state index in [-0.39, 0.29) is 12.1 Å². The van der Waals surface area contributed by atoms with Gasteiger partial charge in [0.25, 0.3) is 0 Å². The molecular weight excluding hydrogens is 233 g/mol. The summed E-state index contributed by atoms with van der Waals surface area (Å²) in [4.78, 5) is 0. The van der Waals surface area contributed by atoms with Crippen molar-refractivity contribution in [2.75, 3.05) is 6.61 Å². The monoisotopic (exact) mass is 247 g/mol. The molecule has 0 atom stereocenters. The van der Waals surface area contributed by atoms with Crippen LogP contribution < -0.4 is 5.32 Å². The van der Waals surface area contributed by atoms with Crippen LogP contribution in [0.3, 0.4) is 0 Å². The molecule has 4 heteroatoms. The molecule has 0 spiro atoms. The van der Waals surface area contributed by atoms with Gasteiger partial charge in [-0.3, -0.25) is 0 Å². The first-order chi connectivity index (χ1) is 6.94. The van der Waals surface area contributed by atoms with E-state index >= 15 is 0 Å². The molecule has 2 N–H and O–H groups in total. The molecule has 84 valence electrons. The number of nitrogens with one attached hydrogen (secondary N) is 1. The van der Waals surface area contributed by atoms with Crippen LogP contribution in [0.2, 0.25) is 10.0 Å². The highest BCUT2D eigenvalue weighted by atomic mass is 35.5. The smallest absolute Gasteiger partial charge is 0.0607 e. The predicted octanol–water partition coefficient (Wildman–Crippen LogP) is 2.85. The number of benzene rings is 1. The second kappa shape index (κ2) is 5.17. The summed E-state index contributed by atoms with van der Waals surface area (Å²) in [6.45, 7) is 4.62. The molecular formula is C11H15Cl2NO. The average molecular weight is 248 g/mol. The third-order valence-corrected chi connectivity index (χ3v) is 2.89. The van der Waals surface area contributed by atoms with Gasteiger partial charge in [0.2, 0.25) is 0 Å². The molecule has 1 rings (SSSR count). The molecule has 1 aromatic rings. The minimum atomic E-state index is -0.286. The first-order valence-corrected chi connectivity index (χ1v) is 5.50. The van der Waals surface area contributed by atoms with Crippen LogP contribution >= 0.6 is 23.2 Å². The third kappa shape index (κ3) is 3.99. The average Bonchev–Trinajstić information content (AvgIpc) is 2.20. The first-order valence-electron chi connectivity index (χ1n) is 4.74. The fourth-order valence-corrected chi connectivity index (χ4v) is 1.37. The zero-order chi connectivity index (χ0) is 11.5. The normalized spacial score (nSPS) is 11.8. The van der Waals surface area contributed by atoms with Crippen molar-refractivity contribution in [3.05, 3.63) is 33.8 Å². The van der Waals surface area contributed by atoms with Gasteiger partial charge in [-0.2, -0.15) is 0 Å². The molecule has 0 bridgehead atoms. The van der Waals surface area contributed by atoms with Crippen molar-refractivity contribution in [3.8, 4) is 0 Å². The Kier molecular flexibility index (Phi) is 4.41. The van der Waals surface area contributed by atoms with Crippen LogP contribution in [0.5, 0.6) is 0 Å². The summed E-state index contributed by atoms with van der Waals surface area (Å²) in [5.74, 6) is 0. The van der Waals surface area contributed by atoms with Gasteiger partial charge in [-0.05, 0) is 31.5 Å². The fourth-order valence-electron chi connectivity index (χ4n) is 1.05. The maximum Gasteiger partial charge on any atom is 0.0607 e. The molecule has 0 heterocycles. The van der Waals surface area contributed by atoms with Crippen molar-refractivity contribution in [1.29, 1.82) is 0 Å². The van der Waals surface area contributed by atoms with Crippen molar-refractivity contribution < 1.29 is 5.11 Å². The van der Waals surface area contributed by atoms with Gasteiger partial charge in [-0.25, -0.2) is 0 Å². The van der Waals surface area contributed by atoms with Crippen LogP contribution in [0.25, 0.3) is 0 Å². The van der Waals surface area contributed by atoms with Gasteiger partial charge in [-0.15, -0.1) is 0 Å². The lowest BCUT2D eigenvalue weighted by Crippen LogP contribution is -2.42. The van der Waals surface area contributed by atoms with E-state index in [0.717, 1.165) is 5.56 Å². The van der Waals surface area contributed by atoms with Crippen LogP contribution in [0, 0.1) is 0 Å². The number of rotatable bonds is 4. The summed E-state index contributed by atoms with van der Waals surface area (Å²) in [6, 6.07) is 5.51. The van der Waals surface area contributed by atoms with Crippen LogP contribution in [-0.4, -0.2) is 17.3 Å². The van der Waals surface area contributed by atoms with Crippen LogP contribution in [0.15, 0.2) is 18.2 Å². The molecule has 0 saturated carbocycles. The number of hydrogen-bond donors (Lipinski definition) is 2. The molecule has 0 unspecified atom stereocenters. The molecule has 0 aliphatic carbocycles. The zero-order valence-electron chi connectivity index (χ0n) is 8.85. The molecule has 0 aliphatic rings. The zero-order valence-corrected chi connectivity index (χ0v) is 10.4. The summed E-state index contributed by atoms with van der Waals surface area (Å²) in [7, 11) is 0. The van der Waals surface area contributed by atoms with Gasteiger partial charge in [0, 0.05) is 12.1 Å². The highest BCUT2D eigenvalue weighted by Gasteiger charge is 2.14. The van der Waals surface area contributed by atoms with E-state index in [4.69, 9.17) is 28.3 Å². The number of aliphatic hydroxyl groups is 1. The van der Waals surface area contributed by atoms with Gasteiger partial charge in [0.15, 0.2) is 0 Å². The van der Waals surface area contributed by atoms with E-state index in [9.17, 15) is 0 Å². The quantitative estimate of drug-likeness (QED) is 0.858. The Balaban J connectivity index is 2.62. The molecule has 0 aromatic heterocycles. The second-order valence-corrected chi connectivity index (χ2v) is 4.96. The minimum Gasteiger partial charge on any atom is -0.394 e. The summed E-state index contributed by atoms with van der Waals surface area (Å²) in [5, 5.41) is 13.4. The standard InChI is InChI=1S/C11H15Cl2NO/c1-11(2,7-15)14-6-8-3-4-9(12)10(13)5-8/h3-5,14-15H,6-7H2,1-2H3. The van der Waals surface area contributed by atoms with Gasteiger partial charge in [0.05, 0.1) is 16.7 Å².